The molecule has 18 heavy (non-hydrogen) atoms. The molecule has 5 nitrogen and oxygen atoms in total. The van der Waals surface area contributed by atoms with Crippen LogP contribution in [0.3, 0.4) is 0 Å². The number of hydrogen-bond acceptors (Lipinski definition) is 4. The molecule has 0 bridgehead atoms. The average Bonchev–Trinajstić information content (AvgIpc) is 2.80. The highest BCUT2D eigenvalue weighted by Crippen LogP contribution is 2.26. The maximum atomic E-state index is 5.94. The van der Waals surface area contributed by atoms with E-state index in [4.69, 9.17) is 5.73 Å². The molecule has 0 amide bonds. The molecule has 0 unspecified atom stereocenters. The van der Waals surface area contributed by atoms with Gasteiger partial charge in [-0.25, -0.2) is 9.97 Å². The first-order valence-corrected chi connectivity index (χ1v) is 5.82. The van der Waals surface area contributed by atoms with Gasteiger partial charge in [-0.3, -0.25) is 9.55 Å². The normalized spacial score (nSPS) is 10.9. The molecule has 5 heteroatoms. The zero-order valence-corrected chi connectivity index (χ0v) is 10.0. The van der Waals surface area contributed by atoms with Crippen molar-refractivity contribution in [2.75, 3.05) is 5.73 Å². The Morgan fingerprint density at radius 2 is 2.22 bits per heavy atom. The minimum atomic E-state index is 0.527. The van der Waals surface area contributed by atoms with Gasteiger partial charge in [-0.15, -0.1) is 0 Å². The summed E-state index contributed by atoms with van der Waals surface area (Å²) < 4.78 is 2.00. The lowest BCUT2D eigenvalue weighted by Crippen LogP contribution is -1.97. The number of pyridine rings is 1. The molecule has 0 aromatic carbocycles. The summed E-state index contributed by atoms with van der Waals surface area (Å²) in [5.41, 5.74) is 8.89. The molecule has 0 spiro atoms. The van der Waals surface area contributed by atoms with Gasteiger partial charge in [0.15, 0.2) is 0 Å². The Kier molecular flexibility index (Phi) is 2.44. The predicted molar refractivity (Wildman–Crippen MR) is 70.5 cm³/mol. The topological polar surface area (TPSA) is 69.6 Å². The first kappa shape index (κ1) is 10.7. The molecule has 3 aromatic rings. The minimum absolute atomic E-state index is 0.527. The number of anilines is 1. The summed E-state index contributed by atoms with van der Waals surface area (Å²) in [6.45, 7) is 2.09. The lowest BCUT2D eigenvalue weighted by atomic mass is 10.2. The number of fused-ring (bicyclic) bond motifs is 1. The monoisotopic (exact) mass is 239 g/mol. The summed E-state index contributed by atoms with van der Waals surface area (Å²) >= 11 is 0. The molecule has 3 aromatic heterocycles. The third kappa shape index (κ3) is 1.52. The number of nitrogens with zero attached hydrogens (tertiary/aromatic N) is 4. The van der Waals surface area contributed by atoms with Crippen LogP contribution in [0.25, 0.3) is 16.7 Å². The highest BCUT2D eigenvalue weighted by molar-refractivity contribution is 5.90. The van der Waals surface area contributed by atoms with Gasteiger partial charge in [0.2, 0.25) is 0 Å². The average molecular weight is 239 g/mol. The maximum absolute atomic E-state index is 5.94. The molecule has 0 fully saturated rings. The van der Waals surface area contributed by atoms with Crippen molar-refractivity contribution in [3.05, 3.63) is 42.6 Å². The number of hydrogen-bond donors (Lipinski definition) is 1. The van der Waals surface area contributed by atoms with Crippen LogP contribution in [-0.4, -0.2) is 19.5 Å². The Hall–Kier alpha value is -2.43. The Morgan fingerprint density at radius 3 is 2.94 bits per heavy atom. The zero-order valence-electron chi connectivity index (χ0n) is 10.0. The first-order valence-electron chi connectivity index (χ1n) is 5.82. The van der Waals surface area contributed by atoms with Crippen LogP contribution in [0.2, 0.25) is 0 Å². The smallest absolute Gasteiger partial charge is 0.150 e. The van der Waals surface area contributed by atoms with Gasteiger partial charge in [0, 0.05) is 12.4 Å². The Bertz CT molecular complexity index is 687. The van der Waals surface area contributed by atoms with Gasteiger partial charge in [-0.1, -0.05) is 6.92 Å². The largest absolute Gasteiger partial charge is 0.383 e. The molecule has 0 aliphatic carbocycles. The van der Waals surface area contributed by atoms with Gasteiger partial charge >= 0.3 is 0 Å². The summed E-state index contributed by atoms with van der Waals surface area (Å²) in [6, 6.07) is 3.89. The van der Waals surface area contributed by atoms with Crippen LogP contribution in [0.5, 0.6) is 0 Å². The van der Waals surface area contributed by atoms with Crippen LogP contribution in [0.1, 0.15) is 12.5 Å². The number of nitrogens with two attached hydrogens (primary N) is 1. The van der Waals surface area contributed by atoms with E-state index in [1.807, 2.05) is 22.9 Å². The Balaban J connectivity index is 2.35. The number of aromatic nitrogens is 4. The Labute approximate surface area is 104 Å². The fourth-order valence-corrected chi connectivity index (χ4v) is 2.12. The van der Waals surface area contributed by atoms with E-state index in [1.165, 1.54) is 6.33 Å². The molecular formula is C13H13N5. The van der Waals surface area contributed by atoms with Crippen LogP contribution in [0, 0.1) is 0 Å². The third-order valence-corrected chi connectivity index (χ3v) is 3.00. The molecule has 3 rings (SSSR count). The number of nitrogen functional groups attached to an aromatic ring is 1. The van der Waals surface area contributed by atoms with E-state index in [1.54, 1.807) is 12.4 Å². The molecule has 90 valence electrons. The molecule has 0 saturated carbocycles. The van der Waals surface area contributed by atoms with Gasteiger partial charge in [-0.05, 0) is 24.1 Å². The van der Waals surface area contributed by atoms with Crippen LogP contribution in [-0.2, 0) is 6.42 Å². The van der Waals surface area contributed by atoms with E-state index in [-0.39, 0.29) is 0 Å². The van der Waals surface area contributed by atoms with Crippen molar-refractivity contribution in [3.63, 3.8) is 0 Å². The Morgan fingerprint density at radius 1 is 1.33 bits per heavy atom. The molecule has 0 aliphatic heterocycles. The summed E-state index contributed by atoms with van der Waals surface area (Å²) in [7, 11) is 0. The van der Waals surface area contributed by atoms with Gasteiger partial charge in [0.05, 0.1) is 17.3 Å². The molecule has 0 saturated heterocycles. The lowest BCUT2D eigenvalue weighted by molar-refractivity contribution is 1.04. The van der Waals surface area contributed by atoms with Crippen LogP contribution >= 0.6 is 0 Å². The van der Waals surface area contributed by atoms with Crippen LogP contribution < -0.4 is 5.73 Å². The first-order chi connectivity index (χ1) is 8.81. The second kappa shape index (κ2) is 4.10. The molecule has 0 aliphatic rings. The van der Waals surface area contributed by atoms with Crippen molar-refractivity contribution in [3.8, 4) is 5.69 Å². The SMILES string of the molecule is CCc1cn(-c2cccnc2)c2ncnc(N)c12. The molecule has 3 heterocycles. The van der Waals surface area contributed by atoms with Gasteiger partial charge in [-0.2, -0.15) is 0 Å². The predicted octanol–water partition coefficient (Wildman–Crippen LogP) is 1.96. The molecular weight excluding hydrogens is 226 g/mol. The lowest BCUT2D eigenvalue weighted by Gasteiger charge is -2.03. The van der Waals surface area contributed by atoms with Gasteiger partial charge in [0.25, 0.3) is 0 Å². The van der Waals surface area contributed by atoms with Crippen LogP contribution in [0.4, 0.5) is 5.82 Å². The summed E-state index contributed by atoms with van der Waals surface area (Å²) in [6.07, 6.45) is 7.98. The molecule has 2 N–H and O–H groups in total. The highest BCUT2D eigenvalue weighted by atomic mass is 15.1. The van der Waals surface area contributed by atoms with E-state index in [2.05, 4.69) is 21.9 Å². The standard InChI is InChI=1S/C13H13N5/c1-2-9-7-18(10-4-3-5-15-6-10)13-11(9)12(14)16-8-17-13/h3-8H,2H2,1H3,(H2,14,16,17). The molecule has 0 radical (unpaired) electrons. The number of aryl methyl sites for hydroxylation is 1. The van der Waals surface area contributed by atoms with E-state index in [9.17, 15) is 0 Å². The third-order valence-electron chi connectivity index (χ3n) is 3.00. The van der Waals surface area contributed by atoms with Gasteiger partial charge in [0.1, 0.15) is 17.8 Å². The number of rotatable bonds is 2. The van der Waals surface area contributed by atoms with Crippen molar-refractivity contribution in [2.45, 2.75) is 13.3 Å². The second-order valence-corrected chi connectivity index (χ2v) is 4.05. The summed E-state index contributed by atoms with van der Waals surface area (Å²) in [5.74, 6) is 0.527. The maximum Gasteiger partial charge on any atom is 0.150 e. The van der Waals surface area contributed by atoms with E-state index in [0.717, 1.165) is 28.7 Å². The summed E-state index contributed by atoms with van der Waals surface area (Å²) in [5, 5.41) is 0.934. The van der Waals surface area contributed by atoms with Crippen molar-refractivity contribution in [1.29, 1.82) is 0 Å². The fourth-order valence-electron chi connectivity index (χ4n) is 2.12. The van der Waals surface area contributed by atoms with Crippen molar-refractivity contribution in [1.82, 2.24) is 19.5 Å². The van der Waals surface area contributed by atoms with E-state index < -0.39 is 0 Å². The minimum Gasteiger partial charge on any atom is -0.383 e. The van der Waals surface area contributed by atoms with Crippen molar-refractivity contribution >= 4 is 16.9 Å². The fraction of sp³-hybridized carbons (Fsp3) is 0.154. The van der Waals surface area contributed by atoms with Gasteiger partial charge < -0.3 is 5.73 Å². The van der Waals surface area contributed by atoms with Crippen molar-refractivity contribution in [2.24, 2.45) is 0 Å². The highest BCUT2D eigenvalue weighted by Gasteiger charge is 2.12. The summed E-state index contributed by atoms with van der Waals surface area (Å²) in [4.78, 5) is 12.5. The van der Waals surface area contributed by atoms with Crippen molar-refractivity contribution < 1.29 is 0 Å². The second-order valence-electron chi connectivity index (χ2n) is 4.05. The van der Waals surface area contributed by atoms with E-state index in [0.29, 0.717) is 5.82 Å². The molecule has 0 atom stereocenters. The quantitative estimate of drug-likeness (QED) is 0.742. The van der Waals surface area contributed by atoms with E-state index >= 15 is 0 Å². The van der Waals surface area contributed by atoms with Crippen LogP contribution in [0.15, 0.2) is 37.1 Å². The zero-order chi connectivity index (χ0) is 12.5.